The van der Waals surface area contributed by atoms with Crippen molar-refractivity contribution in [1.29, 1.82) is 0 Å². The van der Waals surface area contributed by atoms with Gasteiger partial charge in [0.25, 0.3) is 0 Å². The van der Waals surface area contributed by atoms with E-state index in [4.69, 9.17) is 24.9 Å². The number of aromatic nitrogens is 7. The van der Waals surface area contributed by atoms with Gasteiger partial charge in [-0.3, -0.25) is 9.13 Å². The second kappa shape index (κ2) is 17.9. The van der Waals surface area contributed by atoms with Crippen molar-refractivity contribution in [2.24, 2.45) is 0 Å². The van der Waals surface area contributed by atoms with Gasteiger partial charge in [0.05, 0.1) is 22.1 Å². The van der Waals surface area contributed by atoms with Crippen LogP contribution in [0.3, 0.4) is 0 Å². The molecule has 0 amide bonds. The standard InChI is InChI=1S/C67H43N7/c1-3-19-57(20-4-1)73-61-25-13-11-23-59(61)68-66(73)48-33-27-46(28-34-48)54-41-55(47-29-35-49(36-30-47)67-69-60-24-12-14-26-62(60)74(67)58-21-5-2-6-22-58)43-56(42-54)65-71-63(52-37-31-44-15-7-9-17-50(44)39-52)70-64(72-65)53-38-32-45-16-8-10-18-51(45)40-53/h1-43H. The van der Waals surface area contributed by atoms with E-state index in [2.05, 4.69) is 246 Å². The largest absolute Gasteiger partial charge is 0.292 e. The normalized spacial score (nSPS) is 11.5. The zero-order chi connectivity index (χ0) is 49.0. The Labute approximate surface area is 427 Å². The molecule has 7 nitrogen and oxygen atoms in total. The lowest BCUT2D eigenvalue weighted by Crippen LogP contribution is -2.01. The van der Waals surface area contributed by atoms with Crippen molar-refractivity contribution in [3.63, 3.8) is 0 Å². The van der Waals surface area contributed by atoms with Gasteiger partial charge in [0.15, 0.2) is 17.5 Å². The molecule has 346 valence electrons. The third-order valence-corrected chi connectivity index (χ3v) is 13.9. The summed E-state index contributed by atoms with van der Waals surface area (Å²) in [4.78, 5) is 26.2. The first kappa shape index (κ1) is 42.7. The molecular formula is C67H43N7. The Balaban J connectivity index is 0.932. The fraction of sp³-hybridized carbons (Fsp3) is 0. The molecule has 3 heterocycles. The Bertz CT molecular complexity index is 4130. The van der Waals surface area contributed by atoms with Gasteiger partial charge in [0.1, 0.15) is 11.6 Å². The number of para-hydroxylation sites is 6. The van der Waals surface area contributed by atoms with Crippen LogP contribution in [0, 0.1) is 0 Å². The van der Waals surface area contributed by atoms with Gasteiger partial charge in [-0.1, -0.05) is 182 Å². The first-order valence-corrected chi connectivity index (χ1v) is 24.8. The van der Waals surface area contributed by atoms with E-state index in [0.29, 0.717) is 17.5 Å². The van der Waals surface area contributed by atoms with Crippen molar-refractivity contribution < 1.29 is 0 Å². The van der Waals surface area contributed by atoms with E-state index in [1.54, 1.807) is 0 Å². The maximum Gasteiger partial charge on any atom is 0.164 e. The average Bonchev–Trinajstić information content (AvgIpc) is 4.07. The van der Waals surface area contributed by atoms with E-state index in [9.17, 15) is 0 Å². The molecular weight excluding hydrogens is 903 g/mol. The summed E-state index contributed by atoms with van der Waals surface area (Å²) >= 11 is 0. The predicted molar refractivity (Wildman–Crippen MR) is 302 cm³/mol. The average molecular weight is 946 g/mol. The molecule has 7 heteroatoms. The summed E-state index contributed by atoms with van der Waals surface area (Å²) in [6.45, 7) is 0. The van der Waals surface area contributed by atoms with Crippen LogP contribution in [0.25, 0.3) is 134 Å². The van der Waals surface area contributed by atoms with Crippen LogP contribution in [0.15, 0.2) is 261 Å². The van der Waals surface area contributed by atoms with Crippen molar-refractivity contribution in [1.82, 2.24) is 34.1 Å². The maximum absolute atomic E-state index is 5.32. The highest BCUT2D eigenvalue weighted by Gasteiger charge is 2.19. The van der Waals surface area contributed by atoms with E-state index >= 15 is 0 Å². The molecule has 3 aromatic heterocycles. The van der Waals surface area contributed by atoms with Crippen LogP contribution in [-0.2, 0) is 0 Å². The van der Waals surface area contributed by atoms with E-state index in [1.807, 2.05) is 24.3 Å². The lowest BCUT2D eigenvalue weighted by molar-refractivity contribution is 1.08. The summed E-state index contributed by atoms with van der Waals surface area (Å²) < 4.78 is 4.48. The first-order valence-electron chi connectivity index (χ1n) is 24.8. The monoisotopic (exact) mass is 945 g/mol. The molecule has 14 aromatic rings. The minimum Gasteiger partial charge on any atom is -0.292 e. The molecule has 11 aromatic carbocycles. The number of hydrogen-bond donors (Lipinski definition) is 0. The molecule has 14 rings (SSSR count). The molecule has 0 aliphatic heterocycles. The van der Waals surface area contributed by atoms with Gasteiger partial charge in [-0.15, -0.1) is 0 Å². The zero-order valence-corrected chi connectivity index (χ0v) is 40.0. The number of benzene rings is 11. The number of fused-ring (bicyclic) bond motifs is 4. The highest BCUT2D eigenvalue weighted by atomic mass is 15.1. The summed E-state index contributed by atoms with van der Waals surface area (Å²) in [7, 11) is 0. The van der Waals surface area contributed by atoms with Gasteiger partial charge in [0, 0.05) is 39.2 Å². The summed E-state index contributed by atoms with van der Waals surface area (Å²) in [5.41, 5.74) is 15.0. The molecule has 0 bridgehead atoms. The zero-order valence-electron chi connectivity index (χ0n) is 40.0. The number of nitrogens with zero attached hydrogens (tertiary/aromatic N) is 7. The molecule has 0 atom stereocenters. The van der Waals surface area contributed by atoms with Crippen LogP contribution in [0.5, 0.6) is 0 Å². The van der Waals surface area contributed by atoms with Gasteiger partial charge in [-0.2, -0.15) is 0 Å². The Morgan fingerprint density at radius 3 is 1.00 bits per heavy atom. The van der Waals surface area contributed by atoms with Crippen LogP contribution >= 0.6 is 0 Å². The Morgan fingerprint density at radius 1 is 0.216 bits per heavy atom. The van der Waals surface area contributed by atoms with Gasteiger partial charge in [-0.05, 0) is 123 Å². The molecule has 0 spiro atoms. The Morgan fingerprint density at radius 2 is 0.554 bits per heavy atom. The second-order valence-electron chi connectivity index (χ2n) is 18.6. The van der Waals surface area contributed by atoms with Gasteiger partial charge < -0.3 is 0 Å². The molecule has 0 radical (unpaired) electrons. The SMILES string of the molecule is c1ccc(-n2c(-c3ccc(-c4cc(-c5ccc(-c6nc7ccccc7n6-c6ccccc6)cc5)cc(-c5nc(-c6ccc7ccccc7c6)nc(-c6ccc7ccccc7c6)n5)c4)cc3)nc3ccccc32)cc1. The fourth-order valence-electron chi connectivity index (χ4n) is 10.2. The first-order chi connectivity index (χ1) is 36.6. The highest BCUT2D eigenvalue weighted by Crippen LogP contribution is 2.38. The van der Waals surface area contributed by atoms with Crippen LogP contribution in [0.1, 0.15) is 0 Å². The lowest BCUT2D eigenvalue weighted by Gasteiger charge is -2.14. The van der Waals surface area contributed by atoms with Gasteiger partial charge in [-0.25, -0.2) is 24.9 Å². The lowest BCUT2D eigenvalue weighted by atomic mass is 9.94. The minimum atomic E-state index is 0.579. The number of rotatable bonds is 9. The van der Waals surface area contributed by atoms with Crippen LogP contribution in [0.2, 0.25) is 0 Å². The summed E-state index contributed by atoms with van der Waals surface area (Å²) in [6.07, 6.45) is 0. The molecule has 74 heavy (non-hydrogen) atoms. The van der Waals surface area contributed by atoms with Crippen molar-refractivity contribution in [3.05, 3.63) is 261 Å². The van der Waals surface area contributed by atoms with E-state index in [-0.39, 0.29) is 0 Å². The second-order valence-corrected chi connectivity index (χ2v) is 18.6. The van der Waals surface area contributed by atoms with Gasteiger partial charge >= 0.3 is 0 Å². The topological polar surface area (TPSA) is 74.3 Å². The van der Waals surface area contributed by atoms with E-state index in [0.717, 1.165) is 117 Å². The third-order valence-electron chi connectivity index (χ3n) is 13.9. The summed E-state index contributed by atoms with van der Waals surface area (Å²) in [5.74, 6) is 3.55. The molecule has 0 fully saturated rings. The molecule has 0 unspecified atom stereocenters. The molecule has 0 saturated carbocycles. The molecule has 0 aliphatic rings. The van der Waals surface area contributed by atoms with Crippen LogP contribution < -0.4 is 0 Å². The van der Waals surface area contributed by atoms with Crippen molar-refractivity contribution in [3.8, 4) is 90.6 Å². The van der Waals surface area contributed by atoms with E-state index in [1.165, 1.54) is 0 Å². The Kier molecular flexibility index (Phi) is 10.4. The smallest absolute Gasteiger partial charge is 0.164 e. The molecule has 0 aliphatic carbocycles. The van der Waals surface area contributed by atoms with Crippen molar-refractivity contribution in [2.45, 2.75) is 0 Å². The van der Waals surface area contributed by atoms with Crippen LogP contribution in [0.4, 0.5) is 0 Å². The van der Waals surface area contributed by atoms with Gasteiger partial charge in [0.2, 0.25) is 0 Å². The van der Waals surface area contributed by atoms with Crippen molar-refractivity contribution >= 4 is 43.6 Å². The third kappa shape index (κ3) is 7.77. The van der Waals surface area contributed by atoms with Crippen molar-refractivity contribution in [2.75, 3.05) is 0 Å². The van der Waals surface area contributed by atoms with Crippen LogP contribution in [-0.4, -0.2) is 34.1 Å². The minimum absolute atomic E-state index is 0.579. The highest BCUT2D eigenvalue weighted by molar-refractivity contribution is 5.90. The Hall–Kier alpha value is -10.1. The number of hydrogen-bond acceptors (Lipinski definition) is 5. The molecule has 0 N–H and O–H groups in total. The predicted octanol–water partition coefficient (Wildman–Crippen LogP) is 16.5. The van der Waals surface area contributed by atoms with E-state index < -0.39 is 0 Å². The fourth-order valence-corrected chi connectivity index (χ4v) is 10.2. The number of imidazole rings is 2. The molecule has 0 saturated heterocycles. The quantitative estimate of drug-likeness (QED) is 0.144. The summed E-state index contributed by atoms with van der Waals surface area (Å²) in [5, 5.41) is 4.55. The summed E-state index contributed by atoms with van der Waals surface area (Å²) in [6, 6.07) is 91.2. The maximum atomic E-state index is 5.32.